The van der Waals surface area contributed by atoms with Crippen LogP contribution in [-0.4, -0.2) is 32.3 Å². The van der Waals surface area contributed by atoms with E-state index < -0.39 is 0 Å². The van der Waals surface area contributed by atoms with Crippen LogP contribution in [0.2, 0.25) is 0 Å². The summed E-state index contributed by atoms with van der Waals surface area (Å²) in [4.78, 5) is 2.15. The molecule has 1 saturated heterocycles. The predicted molar refractivity (Wildman–Crippen MR) is 60.5 cm³/mol. The fraction of sp³-hybridized carbons (Fsp3) is 0.500. The quantitative estimate of drug-likeness (QED) is 0.718. The average Bonchev–Trinajstić information content (AvgIpc) is 2.49. The first kappa shape index (κ1) is 9.90. The summed E-state index contributed by atoms with van der Waals surface area (Å²) in [5, 5.41) is 3.34. The molecule has 1 unspecified atom stereocenters. The molecule has 1 aromatic carbocycles. The number of hydrogen-bond acceptors (Lipinski definition) is 3. The molecule has 0 radical (unpaired) electrons. The minimum atomic E-state index is -0.175. The molecule has 4 heteroatoms. The molecule has 1 N–H and O–H groups in total. The number of fused-ring (bicyclic) bond motifs is 3. The highest BCUT2D eigenvalue weighted by atomic mass is 19.1. The third kappa shape index (κ3) is 1.53. The van der Waals surface area contributed by atoms with E-state index in [0.29, 0.717) is 24.1 Å². The summed E-state index contributed by atoms with van der Waals surface area (Å²) in [7, 11) is 0. The van der Waals surface area contributed by atoms with E-state index in [2.05, 4.69) is 10.2 Å². The maximum atomic E-state index is 13.9. The molecule has 2 aliphatic heterocycles. The summed E-state index contributed by atoms with van der Waals surface area (Å²) in [6, 6.07) is 5.42. The number of ether oxygens (including phenoxy) is 1. The lowest BCUT2D eigenvalue weighted by molar-refractivity contribution is 0.303. The normalized spacial score (nSPS) is 24.1. The number of hydrogen-bond donors (Lipinski definition) is 1. The predicted octanol–water partition coefficient (Wildman–Crippen LogP) is 1.39. The van der Waals surface area contributed by atoms with Crippen LogP contribution in [0.1, 0.15) is 6.42 Å². The van der Waals surface area contributed by atoms with Crippen molar-refractivity contribution in [3.05, 3.63) is 24.0 Å². The van der Waals surface area contributed by atoms with E-state index in [1.807, 2.05) is 6.07 Å². The van der Waals surface area contributed by atoms with Crippen molar-refractivity contribution in [1.82, 2.24) is 5.32 Å². The lowest BCUT2D eigenvalue weighted by atomic mass is 10.1. The van der Waals surface area contributed by atoms with Crippen LogP contribution >= 0.6 is 0 Å². The lowest BCUT2D eigenvalue weighted by Crippen LogP contribution is -2.51. The van der Waals surface area contributed by atoms with Crippen molar-refractivity contribution in [3.63, 3.8) is 0 Å². The highest BCUT2D eigenvalue weighted by Gasteiger charge is 2.29. The summed E-state index contributed by atoms with van der Waals surface area (Å²) < 4.78 is 19.5. The second kappa shape index (κ2) is 3.94. The Bertz CT molecular complexity index is 397. The molecule has 0 amide bonds. The maximum absolute atomic E-state index is 13.9. The van der Waals surface area contributed by atoms with Crippen LogP contribution in [0.5, 0.6) is 5.75 Å². The summed E-state index contributed by atoms with van der Waals surface area (Å²) in [6.07, 6.45) is 0.946. The Balaban J connectivity index is 2.06. The number of benzene rings is 1. The van der Waals surface area contributed by atoms with Crippen molar-refractivity contribution in [3.8, 4) is 5.75 Å². The SMILES string of the molecule is Fc1cccc2c1N1CCNCC1CCO2. The van der Waals surface area contributed by atoms with Gasteiger partial charge in [0.25, 0.3) is 0 Å². The van der Waals surface area contributed by atoms with Gasteiger partial charge in [0.2, 0.25) is 0 Å². The third-order valence-electron chi connectivity index (χ3n) is 3.30. The van der Waals surface area contributed by atoms with Gasteiger partial charge in [-0.15, -0.1) is 0 Å². The van der Waals surface area contributed by atoms with E-state index in [-0.39, 0.29) is 5.82 Å². The molecule has 0 spiro atoms. The average molecular weight is 222 g/mol. The van der Waals surface area contributed by atoms with Gasteiger partial charge in [-0.05, 0) is 12.1 Å². The molecular weight excluding hydrogens is 207 g/mol. The molecule has 1 fully saturated rings. The van der Waals surface area contributed by atoms with Crippen LogP contribution in [0.3, 0.4) is 0 Å². The Labute approximate surface area is 94.2 Å². The van der Waals surface area contributed by atoms with Gasteiger partial charge in [-0.3, -0.25) is 0 Å². The van der Waals surface area contributed by atoms with Crippen LogP contribution in [0.4, 0.5) is 10.1 Å². The van der Waals surface area contributed by atoms with Gasteiger partial charge < -0.3 is 15.0 Å². The van der Waals surface area contributed by atoms with E-state index in [1.165, 1.54) is 6.07 Å². The highest BCUT2D eigenvalue weighted by Crippen LogP contribution is 2.35. The molecule has 86 valence electrons. The zero-order chi connectivity index (χ0) is 11.0. The standard InChI is InChI=1S/C12H15FN2O/c13-10-2-1-3-11-12(10)15-6-5-14-8-9(15)4-7-16-11/h1-3,9,14H,4-8H2. The molecule has 2 heterocycles. The Morgan fingerprint density at radius 3 is 3.31 bits per heavy atom. The summed E-state index contributed by atoms with van der Waals surface area (Å²) >= 11 is 0. The Kier molecular flexibility index (Phi) is 2.44. The van der Waals surface area contributed by atoms with E-state index in [9.17, 15) is 4.39 Å². The van der Waals surface area contributed by atoms with Crippen LogP contribution in [0, 0.1) is 5.82 Å². The van der Waals surface area contributed by atoms with E-state index >= 15 is 0 Å². The number of nitrogens with zero attached hydrogens (tertiary/aromatic N) is 1. The van der Waals surface area contributed by atoms with E-state index in [0.717, 1.165) is 26.1 Å². The van der Waals surface area contributed by atoms with Crippen LogP contribution < -0.4 is 15.0 Å². The number of rotatable bonds is 0. The van der Waals surface area contributed by atoms with Gasteiger partial charge >= 0.3 is 0 Å². The Morgan fingerprint density at radius 2 is 2.38 bits per heavy atom. The van der Waals surface area contributed by atoms with Gasteiger partial charge in [-0.25, -0.2) is 4.39 Å². The van der Waals surface area contributed by atoms with Crippen LogP contribution in [0.25, 0.3) is 0 Å². The summed E-state index contributed by atoms with van der Waals surface area (Å²) in [5.41, 5.74) is 0.645. The number of nitrogens with one attached hydrogen (secondary N) is 1. The molecule has 0 aliphatic carbocycles. The van der Waals surface area contributed by atoms with Crippen molar-refractivity contribution in [2.45, 2.75) is 12.5 Å². The van der Waals surface area contributed by atoms with Gasteiger partial charge in [0.15, 0.2) is 0 Å². The summed E-state index contributed by atoms with van der Waals surface area (Å²) in [6.45, 7) is 3.34. The van der Waals surface area contributed by atoms with Crippen molar-refractivity contribution in [2.24, 2.45) is 0 Å². The minimum Gasteiger partial charge on any atom is -0.491 e. The first-order chi connectivity index (χ1) is 7.86. The van der Waals surface area contributed by atoms with E-state index in [1.54, 1.807) is 6.07 Å². The van der Waals surface area contributed by atoms with Crippen molar-refractivity contribution >= 4 is 5.69 Å². The minimum absolute atomic E-state index is 0.175. The first-order valence-corrected chi connectivity index (χ1v) is 5.75. The van der Waals surface area contributed by atoms with Gasteiger partial charge in [0.05, 0.1) is 6.61 Å². The number of piperazine rings is 1. The fourth-order valence-corrected chi connectivity index (χ4v) is 2.51. The second-order valence-corrected chi connectivity index (χ2v) is 4.28. The lowest BCUT2D eigenvalue weighted by Gasteiger charge is -2.36. The number of para-hydroxylation sites is 1. The molecule has 3 nitrogen and oxygen atoms in total. The zero-order valence-electron chi connectivity index (χ0n) is 9.08. The van der Waals surface area contributed by atoms with Gasteiger partial charge in [0.1, 0.15) is 17.3 Å². The van der Waals surface area contributed by atoms with Crippen molar-refractivity contribution in [2.75, 3.05) is 31.1 Å². The molecule has 16 heavy (non-hydrogen) atoms. The molecule has 0 aromatic heterocycles. The highest BCUT2D eigenvalue weighted by molar-refractivity contribution is 5.61. The van der Waals surface area contributed by atoms with Gasteiger partial charge in [-0.2, -0.15) is 0 Å². The number of halogens is 1. The van der Waals surface area contributed by atoms with Crippen molar-refractivity contribution in [1.29, 1.82) is 0 Å². The third-order valence-corrected chi connectivity index (χ3v) is 3.30. The largest absolute Gasteiger partial charge is 0.491 e. The van der Waals surface area contributed by atoms with Crippen LogP contribution in [-0.2, 0) is 0 Å². The molecule has 1 atom stereocenters. The van der Waals surface area contributed by atoms with E-state index in [4.69, 9.17) is 4.74 Å². The molecular formula is C12H15FN2O. The van der Waals surface area contributed by atoms with Gasteiger partial charge in [-0.1, -0.05) is 6.07 Å². The number of anilines is 1. The Morgan fingerprint density at radius 1 is 1.44 bits per heavy atom. The monoisotopic (exact) mass is 222 g/mol. The molecule has 0 saturated carbocycles. The smallest absolute Gasteiger partial charge is 0.150 e. The van der Waals surface area contributed by atoms with Gasteiger partial charge in [0, 0.05) is 32.1 Å². The topological polar surface area (TPSA) is 24.5 Å². The van der Waals surface area contributed by atoms with Crippen molar-refractivity contribution < 1.29 is 9.13 Å². The molecule has 3 rings (SSSR count). The molecule has 2 aliphatic rings. The maximum Gasteiger partial charge on any atom is 0.150 e. The first-order valence-electron chi connectivity index (χ1n) is 5.75. The molecule has 1 aromatic rings. The summed E-state index contributed by atoms with van der Waals surface area (Å²) in [5.74, 6) is 0.510. The molecule has 0 bridgehead atoms. The second-order valence-electron chi connectivity index (χ2n) is 4.28. The Hall–Kier alpha value is -1.29. The fourth-order valence-electron chi connectivity index (χ4n) is 2.51. The zero-order valence-corrected chi connectivity index (χ0v) is 9.08. The van der Waals surface area contributed by atoms with Crippen LogP contribution in [0.15, 0.2) is 18.2 Å².